The van der Waals surface area contributed by atoms with Gasteiger partial charge in [-0.25, -0.2) is 4.79 Å². The molecule has 0 saturated heterocycles. The van der Waals surface area contributed by atoms with Gasteiger partial charge in [-0.05, 0) is 17.5 Å². The summed E-state index contributed by atoms with van der Waals surface area (Å²) in [5, 5.41) is 19.0. The number of hydrogen-bond acceptors (Lipinski definition) is 3. The van der Waals surface area contributed by atoms with Crippen LogP contribution in [0.5, 0.6) is 5.75 Å². The molecule has 0 aromatic heterocycles. The van der Waals surface area contributed by atoms with Crippen LogP contribution in [0.25, 0.3) is 0 Å². The third-order valence-electron chi connectivity index (χ3n) is 1.27. The van der Waals surface area contributed by atoms with Crippen LogP contribution >= 0.6 is 11.8 Å². The van der Waals surface area contributed by atoms with Crippen molar-refractivity contribution >= 4 is 17.7 Å². The molecule has 0 aliphatic rings. The summed E-state index contributed by atoms with van der Waals surface area (Å²) in [4.78, 5) is 10.8. The van der Waals surface area contributed by atoms with Gasteiger partial charge in [-0.2, -0.15) is 0 Å². The number of benzene rings is 1. The van der Waals surface area contributed by atoms with Gasteiger partial charge in [0.15, 0.2) is 0 Å². The summed E-state index contributed by atoms with van der Waals surface area (Å²) in [5.74, 6) is -0.842. The predicted octanol–water partition coefficient (Wildman–Crippen LogP) is 2.08. The van der Waals surface area contributed by atoms with Crippen molar-refractivity contribution in [3.63, 3.8) is 0 Å². The van der Waals surface area contributed by atoms with E-state index in [-0.39, 0.29) is 5.75 Å². The van der Waals surface area contributed by atoms with Gasteiger partial charge in [0.05, 0.1) is 4.90 Å². The first-order chi connectivity index (χ1) is 6.20. The van der Waals surface area contributed by atoms with E-state index < -0.39 is 5.97 Å². The number of para-hydroxylation sites is 1. The number of carbonyl (C=O) groups is 1. The molecule has 1 aromatic carbocycles. The lowest BCUT2D eigenvalue weighted by Crippen LogP contribution is -1.84. The van der Waals surface area contributed by atoms with E-state index in [1.807, 2.05) is 0 Å². The number of phenols is 1. The van der Waals surface area contributed by atoms with E-state index in [0.717, 1.165) is 17.8 Å². The maximum Gasteiger partial charge on any atom is 0.328 e. The van der Waals surface area contributed by atoms with Crippen molar-refractivity contribution in [2.75, 3.05) is 0 Å². The second-order valence-corrected chi connectivity index (χ2v) is 3.17. The van der Waals surface area contributed by atoms with Gasteiger partial charge in [0, 0.05) is 6.08 Å². The molecule has 0 aliphatic heterocycles. The summed E-state index contributed by atoms with van der Waals surface area (Å²) in [5.41, 5.74) is 0. The summed E-state index contributed by atoms with van der Waals surface area (Å²) in [6.45, 7) is 0. The SMILES string of the molecule is O=C(O)C=CSc1ccccc1O. The fourth-order valence-corrected chi connectivity index (χ4v) is 1.40. The zero-order valence-corrected chi connectivity index (χ0v) is 7.49. The van der Waals surface area contributed by atoms with E-state index in [2.05, 4.69) is 0 Å². The smallest absolute Gasteiger partial charge is 0.328 e. The van der Waals surface area contributed by atoms with Gasteiger partial charge in [-0.3, -0.25) is 0 Å². The minimum Gasteiger partial charge on any atom is -0.507 e. The highest BCUT2D eigenvalue weighted by molar-refractivity contribution is 8.02. The van der Waals surface area contributed by atoms with Crippen LogP contribution in [-0.4, -0.2) is 16.2 Å². The molecule has 4 heteroatoms. The highest BCUT2D eigenvalue weighted by Gasteiger charge is 1.96. The summed E-state index contributed by atoms with van der Waals surface area (Å²) < 4.78 is 0. The molecule has 2 N–H and O–H groups in total. The topological polar surface area (TPSA) is 57.5 Å². The normalized spacial score (nSPS) is 10.5. The highest BCUT2D eigenvalue weighted by atomic mass is 32.2. The number of aliphatic carboxylic acids is 1. The monoisotopic (exact) mass is 196 g/mol. The van der Waals surface area contributed by atoms with E-state index in [1.54, 1.807) is 24.3 Å². The summed E-state index contributed by atoms with van der Waals surface area (Å²) in [7, 11) is 0. The van der Waals surface area contributed by atoms with Gasteiger partial charge in [0.1, 0.15) is 5.75 Å². The van der Waals surface area contributed by atoms with E-state index in [9.17, 15) is 9.90 Å². The molecule has 1 rings (SSSR count). The number of thioether (sulfide) groups is 1. The Morgan fingerprint density at radius 3 is 2.69 bits per heavy atom. The lowest BCUT2D eigenvalue weighted by molar-refractivity contribution is -0.131. The van der Waals surface area contributed by atoms with Crippen molar-refractivity contribution in [3.05, 3.63) is 35.7 Å². The first-order valence-electron chi connectivity index (χ1n) is 3.54. The molecule has 0 spiro atoms. The van der Waals surface area contributed by atoms with Crippen LogP contribution < -0.4 is 0 Å². The van der Waals surface area contributed by atoms with Crippen LogP contribution in [0.3, 0.4) is 0 Å². The molecule has 0 fully saturated rings. The van der Waals surface area contributed by atoms with E-state index >= 15 is 0 Å². The molecule has 0 heterocycles. The molecule has 0 amide bonds. The number of carboxylic acids is 1. The van der Waals surface area contributed by atoms with Gasteiger partial charge in [-0.1, -0.05) is 23.9 Å². The van der Waals surface area contributed by atoms with Gasteiger partial charge in [0.2, 0.25) is 0 Å². The van der Waals surface area contributed by atoms with Crippen molar-refractivity contribution in [2.45, 2.75) is 4.90 Å². The first kappa shape index (κ1) is 9.67. The lowest BCUT2D eigenvalue weighted by atomic mass is 10.3. The van der Waals surface area contributed by atoms with Crippen molar-refractivity contribution in [3.8, 4) is 5.75 Å². The Kier molecular flexibility index (Phi) is 3.40. The number of carboxylic acid groups (broad SMARTS) is 1. The molecule has 0 radical (unpaired) electrons. The molecular weight excluding hydrogens is 188 g/mol. The fraction of sp³-hybridized carbons (Fsp3) is 0. The van der Waals surface area contributed by atoms with Crippen LogP contribution in [0.4, 0.5) is 0 Å². The maximum atomic E-state index is 10.1. The first-order valence-corrected chi connectivity index (χ1v) is 4.42. The second kappa shape index (κ2) is 4.57. The molecule has 1 aromatic rings. The Labute approximate surface area is 79.7 Å². The summed E-state index contributed by atoms with van der Waals surface area (Å²) >= 11 is 1.16. The van der Waals surface area contributed by atoms with Crippen molar-refractivity contribution in [2.24, 2.45) is 0 Å². The third kappa shape index (κ3) is 3.21. The Balaban J connectivity index is 2.64. The number of hydrogen-bond donors (Lipinski definition) is 2. The zero-order chi connectivity index (χ0) is 9.68. The van der Waals surface area contributed by atoms with Crippen LogP contribution in [0.1, 0.15) is 0 Å². The minimum atomic E-state index is -0.997. The van der Waals surface area contributed by atoms with Crippen molar-refractivity contribution < 1.29 is 15.0 Å². The molecule has 0 unspecified atom stereocenters. The highest BCUT2D eigenvalue weighted by Crippen LogP contribution is 2.28. The Morgan fingerprint density at radius 1 is 1.38 bits per heavy atom. The summed E-state index contributed by atoms with van der Waals surface area (Å²) in [6, 6.07) is 6.75. The zero-order valence-electron chi connectivity index (χ0n) is 6.68. The van der Waals surface area contributed by atoms with Crippen molar-refractivity contribution in [1.29, 1.82) is 0 Å². The molecule has 0 aliphatic carbocycles. The maximum absolute atomic E-state index is 10.1. The van der Waals surface area contributed by atoms with Gasteiger partial charge in [-0.15, -0.1) is 0 Å². The predicted molar refractivity (Wildman–Crippen MR) is 50.7 cm³/mol. The largest absolute Gasteiger partial charge is 0.507 e. The molecule has 3 nitrogen and oxygen atoms in total. The molecule has 13 heavy (non-hydrogen) atoms. The molecular formula is C9H8O3S. The van der Waals surface area contributed by atoms with Gasteiger partial charge in [0.25, 0.3) is 0 Å². The minimum absolute atomic E-state index is 0.155. The van der Waals surface area contributed by atoms with E-state index in [4.69, 9.17) is 5.11 Å². The van der Waals surface area contributed by atoms with Crippen LogP contribution in [-0.2, 0) is 4.79 Å². The van der Waals surface area contributed by atoms with Gasteiger partial charge < -0.3 is 10.2 Å². The fourth-order valence-electron chi connectivity index (χ4n) is 0.722. The Bertz CT molecular complexity index is 333. The van der Waals surface area contributed by atoms with Crippen molar-refractivity contribution in [1.82, 2.24) is 0 Å². The second-order valence-electron chi connectivity index (χ2n) is 2.23. The Morgan fingerprint density at radius 2 is 2.08 bits per heavy atom. The number of phenolic OH excluding ortho intramolecular Hbond substituents is 1. The quantitative estimate of drug-likeness (QED) is 0.574. The molecule has 0 atom stereocenters. The van der Waals surface area contributed by atoms with E-state index in [0.29, 0.717) is 4.90 Å². The van der Waals surface area contributed by atoms with Gasteiger partial charge >= 0.3 is 5.97 Å². The lowest BCUT2D eigenvalue weighted by Gasteiger charge is -1.97. The van der Waals surface area contributed by atoms with E-state index in [1.165, 1.54) is 5.41 Å². The molecule has 68 valence electrons. The van der Waals surface area contributed by atoms with Crippen LogP contribution in [0, 0.1) is 0 Å². The Hall–Kier alpha value is -1.42. The third-order valence-corrected chi connectivity index (χ3v) is 2.14. The molecule has 0 bridgehead atoms. The standard InChI is InChI=1S/C9H8O3S/c10-7-3-1-2-4-8(7)13-6-5-9(11)12/h1-6,10H,(H,11,12). The average Bonchev–Trinajstić information content (AvgIpc) is 2.08. The molecule has 0 saturated carbocycles. The number of rotatable bonds is 3. The van der Waals surface area contributed by atoms with Crippen LogP contribution in [0.2, 0.25) is 0 Å². The summed E-state index contributed by atoms with van der Waals surface area (Å²) in [6.07, 6.45) is 1.02. The number of aromatic hydroxyl groups is 1. The van der Waals surface area contributed by atoms with Crippen LogP contribution in [0.15, 0.2) is 40.6 Å². The average molecular weight is 196 g/mol.